The molecule has 2 atom stereocenters. The molecular formula is C23H25N3O4. The minimum absolute atomic E-state index is 0.000374. The third kappa shape index (κ3) is 3.94. The number of alkyl carbamates (subject to hydrolysis) is 1. The van der Waals surface area contributed by atoms with Crippen molar-refractivity contribution in [3.63, 3.8) is 0 Å². The Morgan fingerprint density at radius 3 is 2.33 bits per heavy atom. The van der Waals surface area contributed by atoms with E-state index in [4.69, 9.17) is 4.74 Å². The summed E-state index contributed by atoms with van der Waals surface area (Å²) in [5.74, 6) is 0.000374. The maximum absolute atomic E-state index is 12.2. The fraction of sp³-hybridized carbons (Fsp3) is 0.304. The number of hydrogen-bond donors (Lipinski definition) is 3. The summed E-state index contributed by atoms with van der Waals surface area (Å²) in [5.41, 5.74) is 5.18. The normalized spacial score (nSPS) is 14.6. The first kappa shape index (κ1) is 20.1. The van der Waals surface area contributed by atoms with Crippen molar-refractivity contribution in [1.82, 2.24) is 15.1 Å². The Morgan fingerprint density at radius 2 is 1.73 bits per heavy atom. The summed E-state index contributed by atoms with van der Waals surface area (Å²) in [6.45, 7) is 0.423. The minimum Gasteiger partial charge on any atom is -0.449 e. The van der Waals surface area contributed by atoms with Crippen molar-refractivity contribution in [1.29, 1.82) is 0 Å². The molecular weight excluding hydrogens is 382 g/mol. The van der Waals surface area contributed by atoms with Crippen molar-refractivity contribution in [2.45, 2.75) is 24.5 Å². The van der Waals surface area contributed by atoms with Crippen LogP contribution in [0.2, 0.25) is 0 Å². The first-order chi connectivity index (χ1) is 14.6. The van der Waals surface area contributed by atoms with Gasteiger partial charge in [0.2, 0.25) is 0 Å². The highest BCUT2D eigenvalue weighted by Gasteiger charge is 2.29. The van der Waals surface area contributed by atoms with Crippen LogP contribution in [0.1, 0.15) is 35.3 Å². The molecule has 4 rings (SSSR count). The van der Waals surface area contributed by atoms with E-state index in [-0.39, 0.29) is 25.5 Å². The van der Waals surface area contributed by atoms with Gasteiger partial charge in [0.25, 0.3) is 0 Å². The summed E-state index contributed by atoms with van der Waals surface area (Å²) >= 11 is 0. The van der Waals surface area contributed by atoms with Crippen LogP contribution in [0.4, 0.5) is 4.79 Å². The number of ether oxygens (including phenoxy) is 1. The van der Waals surface area contributed by atoms with Crippen LogP contribution >= 0.6 is 0 Å². The molecule has 0 bridgehead atoms. The Balaban J connectivity index is 1.29. The summed E-state index contributed by atoms with van der Waals surface area (Å²) in [4.78, 5) is 12.2. The molecule has 0 aliphatic heterocycles. The predicted molar refractivity (Wildman–Crippen MR) is 112 cm³/mol. The standard InChI is InChI=1S/C23H25N3O4/c1-26-20(10-13-25-26)22(28)21(27)11-12-24-23(29)30-14-19-17-8-4-2-6-15(17)16-7-3-5-9-18(16)19/h2-10,13,19,21-22,27-28H,11-12,14H2,1H3,(H,24,29). The molecule has 1 aromatic heterocycles. The maximum Gasteiger partial charge on any atom is 0.407 e. The molecule has 7 heteroatoms. The lowest BCUT2D eigenvalue weighted by atomic mass is 9.98. The lowest BCUT2D eigenvalue weighted by Gasteiger charge is -2.18. The molecule has 1 heterocycles. The summed E-state index contributed by atoms with van der Waals surface area (Å²) in [5, 5.41) is 27.0. The fourth-order valence-corrected chi connectivity index (χ4v) is 4.00. The molecule has 0 saturated carbocycles. The summed E-state index contributed by atoms with van der Waals surface area (Å²) < 4.78 is 6.97. The molecule has 1 aliphatic carbocycles. The zero-order valence-corrected chi connectivity index (χ0v) is 16.7. The van der Waals surface area contributed by atoms with Gasteiger partial charge in [0, 0.05) is 25.7 Å². The van der Waals surface area contributed by atoms with Crippen molar-refractivity contribution >= 4 is 6.09 Å². The number of hydrogen-bond acceptors (Lipinski definition) is 5. The maximum atomic E-state index is 12.2. The average molecular weight is 407 g/mol. The first-order valence-electron chi connectivity index (χ1n) is 9.99. The topological polar surface area (TPSA) is 96.6 Å². The highest BCUT2D eigenvalue weighted by molar-refractivity contribution is 5.79. The number of nitrogens with zero attached hydrogens (tertiary/aromatic N) is 2. The Hall–Kier alpha value is -3.16. The van der Waals surface area contributed by atoms with E-state index in [0.717, 1.165) is 11.1 Å². The van der Waals surface area contributed by atoms with Gasteiger partial charge < -0.3 is 20.3 Å². The fourth-order valence-electron chi connectivity index (χ4n) is 4.00. The van der Waals surface area contributed by atoms with Crippen LogP contribution in [0.3, 0.4) is 0 Å². The third-order valence-electron chi connectivity index (χ3n) is 5.58. The largest absolute Gasteiger partial charge is 0.449 e. The number of aryl methyl sites for hydroxylation is 1. The van der Waals surface area contributed by atoms with Crippen molar-refractivity contribution in [3.8, 4) is 11.1 Å². The molecule has 0 saturated heterocycles. The number of fused-ring (bicyclic) bond motifs is 3. The summed E-state index contributed by atoms with van der Waals surface area (Å²) in [7, 11) is 1.69. The van der Waals surface area contributed by atoms with E-state index >= 15 is 0 Å². The Bertz CT molecular complexity index is 987. The number of benzene rings is 2. The van der Waals surface area contributed by atoms with Gasteiger partial charge in [0.05, 0.1) is 11.8 Å². The highest BCUT2D eigenvalue weighted by Crippen LogP contribution is 2.44. The van der Waals surface area contributed by atoms with Crippen LogP contribution in [0.15, 0.2) is 60.8 Å². The van der Waals surface area contributed by atoms with Gasteiger partial charge in [0.15, 0.2) is 0 Å². The van der Waals surface area contributed by atoms with E-state index in [0.29, 0.717) is 5.69 Å². The third-order valence-corrected chi connectivity index (χ3v) is 5.58. The molecule has 30 heavy (non-hydrogen) atoms. The van der Waals surface area contributed by atoms with Crippen LogP contribution in [-0.2, 0) is 11.8 Å². The Labute approximate surface area is 174 Å². The SMILES string of the molecule is Cn1nccc1C(O)C(O)CCNC(=O)OCC1c2ccccc2-c2ccccc21. The van der Waals surface area contributed by atoms with Crippen LogP contribution < -0.4 is 5.32 Å². The second-order valence-electron chi connectivity index (χ2n) is 7.43. The molecule has 0 fully saturated rings. The van der Waals surface area contributed by atoms with Gasteiger partial charge >= 0.3 is 6.09 Å². The van der Waals surface area contributed by atoms with Crippen molar-refractivity contribution in [2.24, 2.45) is 7.05 Å². The molecule has 0 spiro atoms. The van der Waals surface area contributed by atoms with Crippen molar-refractivity contribution < 1.29 is 19.7 Å². The molecule has 156 valence electrons. The van der Waals surface area contributed by atoms with Gasteiger partial charge in [-0.15, -0.1) is 0 Å². The van der Waals surface area contributed by atoms with E-state index in [9.17, 15) is 15.0 Å². The van der Waals surface area contributed by atoms with Crippen LogP contribution in [0.5, 0.6) is 0 Å². The number of rotatable bonds is 7. The molecule has 3 aromatic rings. The van der Waals surface area contributed by atoms with Gasteiger partial charge in [-0.05, 0) is 34.7 Å². The van der Waals surface area contributed by atoms with Crippen molar-refractivity contribution in [2.75, 3.05) is 13.2 Å². The van der Waals surface area contributed by atoms with E-state index in [1.807, 2.05) is 24.3 Å². The lowest BCUT2D eigenvalue weighted by Crippen LogP contribution is -2.31. The van der Waals surface area contributed by atoms with Gasteiger partial charge in [-0.25, -0.2) is 4.79 Å². The van der Waals surface area contributed by atoms with E-state index in [2.05, 4.69) is 34.7 Å². The van der Waals surface area contributed by atoms with Gasteiger partial charge in [-0.3, -0.25) is 4.68 Å². The van der Waals surface area contributed by atoms with Crippen LogP contribution in [0.25, 0.3) is 11.1 Å². The first-order valence-corrected chi connectivity index (χ1v) is 9.99. The molecule has 7 nitrogen and oxygen atoms in total. The number of nitrogens with one attached hydrogen (secondary N) is 1. The molecule has 2 unspecified atom stereocenters. The van der Waals surface area contributed by atoms with Crippen LogP contribution in [-0.4, -0.2) is 45.3 Å². The van der Waals surface area contributed by atoms with Crippen molar-refractivity contribution in [3.05, 3.63) is 77.6 Å². The van der Waals surface area contributed by atoms with E-state index < -0.39 is 18.3 Å². The molecule has 1 aliphatic rings. The number of carbonyl (C=O) groups is 1. The van der Waals surface area contributed by atoms with E-state index in [1.54, 1.807) is 19.3 Å². The zero-order chi connectivity index (χ0) is 21.1. The average Bonchev–Trinajstić information content (AvgIpc) is 3.33. The minimum atomic E-state index is -1.07. The number of carbonyl (C=O) groups excluding carboxylic acids is 1. The van der Waals surface area contributed by atoms with Gasteiger partial charge in [0.1, 0.15) is 12.7 Å². The van der Waals surface area contributed by atoms with E-state index in [1.165, 1.54) is 15.8 Å². The smallest absolute Gasteiger partial charge is 0.407 e. The van der Waals surface area contributed by atoms with Gasteiger partial charge in [-0.2, -0.15) is 5.10 Å². The number of aliphatic hydroxyl groups excluding tert-OH is 2. The lowest BCUT2D eigenvalue weighted by molar-refractivity contribution is 0.00902. The zero-order valence-electron chi connectivity index (χ0n) is 16.7. The molecule has 0 radical (unpaired) electrons. The summed E-state index contributed by atoms with van der Waals surface area (Å²) in [6.07, 6.45) is -0.883. The predicted octanol–water partition coefficient (Wildman–Crippen LogP) is 2.74. The van der Waals surface area contributed by atoms with Gasteiger partial charge in [-0.1, -0.05) is 48.5 Å². The highest BCUT2D eigenvalue weighted by atomic mass is 16.5. The monoisotopic (exact) mass is 407 g/mol. The number of amides is 1. The Morgan fingerprint density at radius 1 is 1.10 bits per heavy atom. The molecule has 2 aromatic carbocycles. The number of aromatic nitrogens is 2. The molecule has 3 N–H and O–H groups in total. The summed E-state index contributed by atoms with van der Waals surface area (Å²) in [6, 6.07) is 18.0. The second-order valence-corrected chi connectivity index (χ2v) is 7.43. The number of aliphatic hydroxyl groups is 2. The second kappa shape index (κ2) is 8.69. The Kier molecular flexibility index (Phi) is 5.83. The quantitative estimate of drug-likeness (QED) is 0.560. The molecule has 1 amide bonds. The van der Waals surface area contributed by atoms with Crippen LogP contribution in [0, 0.1) is 0 Å².